The first kappa shape index (κ1) is 20.7. The Morgan fingerprint density at radius 3 is 2.35 bits per heavy atom. The Morgan fingerprint density at radius 1 is 0.935 bits per heavy atom. The fraction of sp³-hybridized carbons (Fsp3) is 0.292. The Labute approximate surface area is 180 Å². The maximum atomic E-state index is 13.0. The van der Waals surface area contributed by atoms with Crippen molar-refractivity contribution in [3.8, 4) is 5.75 Å². The van der Waals surface area contributed by atoms with Gasteiger partial charge in [-0.15, -0.1) is 0 Å². The smallest absolute Gasteiger partial charge is 0.347 e. The van der Waals surface area contributed by atoms with Gasteiger partial charge < -0.3 is 19.6 Å². The molecule has 1 amide bonds. The first-order chi connectivity index (χ1) is 14.8. The van der Waals surface area contributed by atoms with Crippen LogP contribution in [0, 0.1) is 0 Å². The van der Waals surface area contributed by atoms with Crippen LogP contribution in [0.4, 0.5) is 5.69 Å². The third-order valence-corrected chi connectivity index (χ3v) is 5.47. The third kappa shape index (κ3) is 4.30. The molecule has 1 aliphatic rings. The number of ether oxygens (including phenoxy) is 1. The van der Waals surface area contributed by atoms with Gasteiger partial charge in [0.2, 0.25) is 0 Å². The van der Waals surface area contributed by atoms with E-state index in [0.29, 0.717) is 37.6 Å². The van der Waals surface area contributed by atoms with Crippen molar-refractivity contribution in [2.24, 2.45) is 0 Å². The molecule has 7 heteroatoms. The molecule has 2 heterocycles. The van der Waals surface area contributed by atoms with E-state index in [2.05, 4.69) is 9.88 Å². The number of amides is 1. The molecule has 0 spiro atoms. The Kier molecular flexibility index (Phi) is 5.50. The van der Waals surface area contributed by atoms with Crippen LogP contribution in [0.15, 0.2) is 60.7 Å². The van der Waals surface area contributed by atoms with Gasteiger partial charge in [0.1, 0.15) is 11.4 Å². The fourth-order valence-corrected chi connectivity index (χ4v) is 3.62. The quantitative estimate of drug-likeness (QED) is 0.682. The van der Waals surface area contributed by atoms with Gasteiger partial charge in [0.15, 0.2) is 5.60 Å². The third-order valence-electron chi connectivity index (χ3n) is 5.47. The van der Waals surface area contributed by atoms with Gasteiger partial charge in [0.05, 0.1) is 11.2 Å². The maximum Gasteiger partial charge on any atom is 0.347 e. The molecule has 7 nitrogen and oxygen atoms in total. The van der Waals surface area contributed by atoms with Crippen LogP contribution in [0.5, 0.6) is 5.75 Å². The van der Waals surface area contributed by atoms with Crippen molar-refractivity contribution < 1.29 is 19.4 Å². The number of carbonyl (C=O) groups excluding carboxylic acids is 1. The first-order valence-corrected chi connectivity index (χ1v) is 10.3. The maximum absolute atomic E-state index is 13.0. The Hall–Kier alpha value is -3.61. The second kappa shape index (κ2) is 8.26. The van der Waals surface area contributed by atoms with Crippen molar-refractivity contribution in [3.63, 3.8) is 0 Å². The van der Waals surface area contributed by atoms with Gasteiger partial charge in [-0.2, -0.15) is 0 Å². The summed E-state index contributed by atoms with van der Waals surface area (Å²) in [6, 6.07) is 18.8. The van der Waals surface area contributed by atoms with E-state index in [0.717, 1.165) is 16.6 Å². The zero-order valence-corrected chi connectivity index (χ0v) is 17.6. The molecule has 1 aliphatic heterocycles. The standard InChI is InChI=1S/C24H25N3O4/c1-24(2,23(29)30)31-21-10-6-5-9-20(21)26-13-15-27(16-14-26)22(28)19-12-11-17-7-3-4-8-18(17)25-19/h3-12H,13-16H2,1-2H3,(H,29,30). The van der Waals surface area contributed by atoms with Gasteiger partial charge in [-0.1, -0.05) is 36.4 Å². The second-order valence-electron chi connectivity index (χ2n) is 8.05. The summed E-state index contributed by atoms with van der Waals surface area (Å²) in [5.74, 6) is -0.589. The lowest BCUT2D eigenvalue weighted by molar-refractivity contribution is -0.152. The topological polar surface area (TPSA) is 83.0 Å². The summed E-state index contributed by atoms with van der Waals surface area (Å²) in [5.41, 5.74) is 0.737. The molecule has 0 radical (unpaired) electrons. The van der Waals surface area contributed by atoms with Gasteiger partial charge in [-0.25, -0.2) is 9.78 Å². The molecule has 0 atom stereocenters. The molecule has 1 N–H and O–H groups in total. The zero-order chi connectivity index (χ0) is 22.0. The highest BCUT2D eigenvalue weighted by atomic mass is 16.5. The van der Waals surface area contributed by atoms with E-state index in [4.69, 9.17) is 4.74 Å². The van der Waals surface area contributed by atoms with Gasteiger partial charge in [-0.05, 0) is 38.1 Å². The monoisotopic (exact) mass is 419 g/mol. The number of fused-ring (bicyclic) bond motifs is 1. The first-order valence-electron chi connectivity index (χ1n) is 10.3. The van der Waals surface area contributed by atoms with Gasteiger partial charge >= 0.3 is 5.97 Å². The Balaban J connectivity index is 1.46. The number of carboxylic acid groups (broad SMARTS) is 1. The molecule has 160 valence electrons. The molecule has 1 aromatic heterocycles. The zero-order valence-electron chi connectivity index (χ0n) is 17.6. The summed E-state index contributed by atoms with van der Waals surface area (Å²) in [7, 11) is 0. The van der Waals surface area contributed by atoms with Crippen LogP contribution in [-0.2, 0) is 4.79 Å². The number of aliphatic carboxylic acids is 1. The van der Waals surface area contributed by atoms with Crippen molar-refractivity contribution in [2.45, 2.75) is 19.4 Å². The number of piperazine rings is 1. The number of aromatic nitrogens is 1. The van der Waals surface area contributed by atoms with Gasteiger partial charge in [-0.3, -0.25) is 4.79 Å². The largest absolute Gasteiger partial charge is 0.478 e. The van der Waals surface area contributed by atoms with Crippen molar-refractivity contribution in [1.82, 2.24) is 9.88 Å². The van der Waals surface area contributed by atoms with E-state index >= 15 is 0 Å². The van der Waals surface area contributed by atoms with E-state index in [1.807, 2.05) is 48.5 Å². The van der Waals surface area contributed by atoms with Gasteiger partial charge in [0, 0.05) is 31.6 Å². The van der Waals surface area contributed by atoms with Gasteiger partial charge in [0.25, 0.3) is 5.91 Å². The molecule has 1 fully saturated rings. The van der Waals surface area contributed by atoms with Crippen LogP contribution in [-0.4, -0.2) is 58.6 Å². The highest BCUT2D eigenvalue weighted by molar-refractivity contribution is 5.95. The molecule has 4 rings (SSSR count). The van der Waals surface area contributed by atoms with E-state index in [9.17, 15) is 14.7 Å². The minimum atomic E-state index is -1.34. The van der Waals surface area contributed by atoms with Crippen LogP contribution >= 0.6 is 0 Å². The lowest BCUT2D eigenvalue weighted by Gasteiger charge is -2.37. The highest BCUT2D eigenvalue weighted by Gasteiger charge is 2.31. The van der Waals surface area contributed by atoms with Crippen molar-refractivity contribution >= 4 is 28.5 Å². The summed E-state index contributed by atoms with van der Waals surface area (Å²) in [6.07, 6.45) is 0. The molecule has 0 bridgehead atoms. The summed E-state index contributed by atoms with van der Waals surface area (Å²) in [4.78, 5) is 32.9. The van der Waals surface area contributed by atoms with Crippen molar-refractivity contribution in [1.29, 1.82) is 0 Å². The molecule has 0 saturated carbocycles. The number of nitrogens with zero attached hydrogens (tertiary/aromatic N) is 3. The minimum absolute atomic E-state index is 0.0815. The average molecular weight is 419 g/mol. The minimum Gasteiger partial charge on any atom is -0.478 e. The van der Waals surface area contributed by atoms with Crippen LogP contribution in [0.1, 0.15) is 24.3 Å². The van der Waals surface area contributed by atoms with E-state index in [-0.39, 0.29) is 5.91 Å². The number of hydrogen-bond donors (Lipinski definition) is 1. The van der Waals surface area contributed by atoms with E-state index in [1.165, 1.54) is 13.8 Å². The van der Waals surface area contributed by atoms with Crippen LogP contribution in [0.25, 0.3) is 10.9 Å². The number of carboxylic acids is 1. The van der Waals surface area contributed by atoms with Crippen molar-refractivity contribution in [2.75, 3.05) is 31.1 Å². The summed E-state index contributed by atoms with van der Waals surface area (Å²) in [5, 5.41) is 10.4. The molecule has 1 saturated heterocycles. The number of para-hydroxylation sites is 3. The molecule has 0 unspecified atom stereocenters. The summed E-state index contributed by atoms with van der Waals surface area (Å²) in [6.45, 7) is 5.38. The number of carbonyl (C=O) groups is 2. The number of anilines is 1. The molecule has 3 aromatic rings. The van der Waals surface area contributed by atoms with E-state index < -0.39 is 11.6 Å². The molecule has 2 aromatic carbocycles. The summed E-state index contributed by atoms with van der Waals surface area (Å²) < 4.78 is 5.80. The second-order valence-corrected chi connectivity index (χ2v) is 8.05. The number of hydrogen-bond acceptors (Lipinski definition) is 5. The predicted molar refractivity (Wildman–Crippen MR) is 119 cm³/mol. The number of benzene rings is 2. The molecular weight excluding hydrogens is 394 g/mol. The Bertz CT molecular complexity index is 1120. The lowest BCUT2D eigenvalue weighted by atomic mass is 10.1. The molecule has 0 aliphatic carbocycles. The molecule has 31 heavy (non-hydrogen) atoms. The lowest BCUT2D eigenvalue weighted by Crippen LogP contribution is -2.49. The number of pyridine rings is 1. The number of rotatable bonds is 5. The Morgan fingerprint density at radius 2 is 1.61 bits per heavy atom. The van der Waals surface area contributed by atoms with Crippen LogP contribution in [0.2, 0.25) is 0 Å². The highest BCUT2D eigenvalue weighted by Crippen LogP contribution is 2.32. The predicted octanol–water partition coefficient (Wildman–Crippen LogP) is 3.44. The molecular formula is C24H25N3O4. The fourth-order valence-electron chi connectivity index (χ4n) is 3.62. The van der Waals surface area contributed by atoms with E-state index in [1.54, 1.807) is 17.0 Å². The van der Waals surface area contributed by atoms with Crippen molar-refractivity contribution in [3.05, 3.63) is 66.4 Å². The SMILES string of the molecule is CC(C)(Oc1ccccc1N1CCN(C(=O)c2ccc3ccccc3n2)CC1)C(=O)O. The van der Waals surface area contributed by atoms with Crippen LogP contribution in [0.3, 0.4) is 0 Å². The summed E-state index contributed by atoms with van der Waals surface area (Å²) >= 11 is 0. The average Bonchev–Trinajstić information content (AvgIpc) is 2.78. The normalized spacial score (nSPS) is 14.5. The van der Waals surface area contributed by atoms with Crippen LogP contribution < -0.4 is 9.64 Å².